The van der Waals surface area contributed by atoms with E-state index in [-0.39, 0.29) is 10.6 Å². The molecule has 1 aliphatic heterocycles. The number of benzene rings is 1. The van der Waals surface area contributed by atoms with Gasteiger partial charge in [-0.2, -0.15) is 0 Å². The third-order valence-electron chi connectivity index (χ3n) is 3.86. The molecule has 1 N–H and O–H groups in total. The Kier molecular flexibility index (Phi) is 4.22. The van der Waals surface area contributed by atoms with Gasteiger partial charge < -0.3 is 9.73 Å². The summed E-state index contributed by atoms with van der Waals surface area (Å²) in [5.74, 6) is 1.38. The molecule has 1 atom stereocenters. The lowest BCUT2D eigenvalue weighted by molar-refractivity contribution is -0.384. The van der Waals surface area contributed by atoms with Crippen LogP contribution in [0.4, 0.5) is 5.69 Å². The predicted molar refractivity (Wildman–Crippen MR) is 83.5 cm³/mol. The van der Waals surface area contributed by atoms with E-state index in [1.165, 1.54) is 6.07 Å². The number of nitro benzene ring substituents is 1. The van der Waals surface area contributed by atoms with Crippen LogP contribution in [0.15, 0.2) is 40.8 Å². The van der Waals surface area contributed by atoms with Gasteiger partial charge in [0.25, 0.3) is 5.69 Å². The van der Waals surface area contributed by atoms with E-state index in [0.29, 0.717) is 17.4 Å². The Hall–Kier alpha value is -2.18. The van der Waals surface area contributed by atoms with Gasteiger partial charge in [-0.1, -0.05) is 12.1 Å². The molecule has 0 spiro atoms. The topological polar surface area (TPSA) is 71.5 Å². The lowest BCUT2D eigenvalue weighted by atomic mass is 10.1. The fourth-order valence-corrected chi connectivity index (χ4v) is 2.83. The number of hydrogen-bond acceptors (Lipinski definition) is 5. The fourth-order valence-electron chi connectivity index (χ4n) is 2.83. The van der Waals surface area contributed by atoms with Crippen LogP contribution < -0.4 is 5.32 Å². The van der Waals surface area contributed by atoms with Gasteiger partial charge in [0.2, 0.25) is 0 Å². The van der Waals surface area contributed by atoms with Crippen LogP contribution in [-0.2, 0) is 6.54 Å². The minimum Gasteiger partial charge on any atom is -0.459 e. The summed E-state index contributed by atoms with van der Waals surface area (Å²) in [4.78, 5) is 13.0. The molecule has 6 heteroatoms. The van der Waals surface area contributed by atoms with Gasteiger partial charge in [0.1, 0.15) is 11.5 Å². The Labute approximate surface area is 128 Å². The predicted octanol–water partition coefficient (Wildman–Crippen LogP) is 2.65. The molecule has 0 bridgehead atoms. The molecule has 2 heterocycles. The van der Waals surface area contributed by atoms with Gasteiger partial charge >= 0.3 is 0 Å². The van der Waals surface area contributed by atoms with Crippen LogP contribution in [-0.4, -0.2) is 35.5 Å². The van der Waals surface area contributed by atoms with Crippen molar-refractivity contribution in [3.05, 3.63) is 52.3 Å². The maximum absolute atomic E-state index is 11.1. The fraction of sp³-hybridized carbons (Fsp3) is 0.375. The maximum Gasteiger partial charge on any atom is 0.280 e. The summed E-state index contributed by atoms with van der Waals surface area (Å²) >= 11 is 0. The first-order valence-corrected chi connectivity index (χ1v) is 7.42. The van der Waals surface area contributed by atoms with Crippen molar-refractivity contribution < 1.29 is 9.34 Å². The van der Waals surface area contributed by atoms with Crippen LogP contribution in [0.2, 0.25) is 0 Å². The second kappa shape index (κ2) is 6.29. The summed E-state index contributed by atoms with van der Waals surface area (Å²) in [6.45, 7) is 5.81. The third kappa shape index (κ3) is 3.18. The number of nitrogens with one attached hydrogen (secondary N) is 1. The van der Waals surface area contributed by atoms with Crippen LogP contribution in [0.5, 0.6) is 0 Å². The first-order chi connectivity index (χ1) is 10.6. The van der Waals surface area contributed by atoms with E-state index >= 15 is 0 Å². The zero-order valence-electron chi connectivity index (χ0n) is 12.5. The van der Waals surface area contributed by atoms with Crippen molar-refractivity contribution in [3.8, 4) is 11.3 Å². The molecule has 0 saturated carbocycles. The Bertz CT molecular complexity index is 668. The van der Waals surface area contributed by atoms with Gasteiger partial charge in [-0.15, -0.1) is 0 Å². The molecule has 3 rings (SSSR count). The highest BCUT2D eigenvalue weighted by atomic mass is 16.6. The molecule has 0 aliphatic carbocycles. The molecule has 116 valence electrons. The highest BCUT2D eigenvalue weighted by Crippen LogP contribution is 2.31. The Morgan fingerprint density at radius 1 is 1.36 bits per heavy atom. The van der Waals surface area contributed by atoms with Crippen molar-refractivity contribution in [2.45, 2.75) is 19.5 Å². The lowest BCUT2D eigenvalue weighted by Gasteiger charge is -2.31. The number of furan rings is 1. The molecule has 1 saturated heterocycles. The Balaban J connectivity index is 1.78. The quantitative estimate of drug-likeness (QED) is 0.694. The molecule has 2 aromatic rings. The summed E-state index contributed by atoms with van der Waals surface area (Å²) < 4.78 is 5.83. The summed E-state index contributed by atoms with van der Waals surface area (Å²) in [7, 11) is 0. The Morgan fingerprint density at radius 2 is 2.18 bits per heavy atom. The maximum atomic E-state index is 11.1. The zero-order chi connectivity index (χ0) is 15.5. The number of piperazine rings is 1. The molecular formula is C16H19N3O3. The molecule has 6 nitrogen and oxygen atoms in total. The summed E-state index contributed by atoms with van der Waals surface area (Å²) in [5.41, 5.74) is 0.589. The van der Waals surface area contributed by atoms with Gasteiger partial charge in [0, 0.05) is 31.7 Å². The first-order valence-electron chi connectivity index (χ1n) is 7.42. The third-order valence-corrected chi connectivity index (χ3v) is 3.86. The molecular weight excluding hydrogens is 282 g/mol. The lowest BCUT2D eigenvalue weighted by Crippen LogP contribution is -2.48. The van der Waals surface area contributed by atoms with Crippen LogP contribution in [0.25, 0.3) is 11.3 Å². The number of nitrogens with zero attached hydrogens (tertiary/aromatic N) is 2. The number of rotatable bonds is 4. The largest absolute Gasteiger partial charge is 0.459 e. The standard InChI is InChI=1S/C16H19N3O3/c1-12-10-18(9-8-17-12)11-13-6-7-16(22-13)14-4-2-3-5-15(14)19(20)21/h2-7,12,17H,8-11H2,1H3/t12-/m1/s1. The minimum atomic E-state index is -0.379. The molecule has 0 unspecified atom stereocenters. The van der Waals surface area contributed by atoms with Gasteiger partial charge in [-0.05, 0) is 25.1 Å². The summed E-state index contributed by atoms with van der Waals surface area (Å²) in [6, 6.07) is 10.8. The van der Waals surface area contributed by atoms with E-state index < -0.39 is 0 Å². The highest BCUT2D eigenvalue weighted by molar-refractivity contribution is 5.69. The second-order valence-electron chi connectivity index (χ2n) is 5.63. The van der Waals surface area contributed by atoms with Gasteiger partial charge in [-0.25, -0.2) is 0 Å². The van der Waals surface area contributed by atoms with Crippen molar-refractivity contribution in [1.29, 1.82) is 0 Å². The number of hydrogen-bond donors (Lipinski definition) is 1. The molecule has 22 heavy (non-hydrogen) atoms. The monoisotopic (exact) mass is 301 g/mol. The van der Waals surface area contributed by atoms with E-state index in [2.05, 4.69) is 17.1 Å². The van der Waals surface area contributed by atoms with Crippen molar-refractivity contribution in [2.75, 3.05) is 19.6 Å². The molecule has 1 aromatic heterocycles. The van der Waals surface area contributed by atoms with Crippen molar-refractivity contribution >= 4 is 5.69 Å². The van der Waals surface area contributed by atoms with Crippen LogP contribution in [0, 0.1) is 10.1 Å². The molecule has 0 radical (unpaired) electrons. The van der Waals surface area contributed by atoms with Gasteiger partial charge in [0.15, 0.2) is 0 Å². The molecule has 0 amide bonds. The zero-order valence-corrected chi connectivity index (χ0v) is 12.5. The molecule has 1 aliphatic rings. The summed E-state index contributed by atoms with van der Waals surface area (Å²) in [5, 5.41) is 14.5. The highest BCUT2D eigenvalue weighted by Gasteiger charge is 2.19. The van der Waals surface area contributed by atoms with Crippen molar-refractivity contribution in [3.63, 3.8) is 0 Å². The molecule has 1 aromatic carbocycles. The van der Waals surface area contributed by atoms with Crippen LogP contribution >= 0.6 is 0 Å². The van der Waals surface area contributed by atoms with Crippen LogP contribution in [0.3, 0.4) is 0 Å². The average molecular weight is 301 g/mol. The van der Waals surface area contributed by atoms with E-state index in [9.17, 15) is 10.1 Å². The second-order valence-corrected chi connectivity index (χ2v) is 5.63. The van der Waals surface area contributed by atoms with Crippen molar-refractivity contribution in [2.24, 2.45) is 0 Å². The number of nitro groups is 1. The molecule has 1 fully saturated rings. The smallest absolute Gasteiger partial charge is 0.280 e. The average Bonchev–Trinajstić information content (AvgIpc) is 2.95. The minimum absolute atomic E-state index is 0.0687. The normalized spacial score (nSPS) is 19.2. The first kappa shape index (κ1) is 14.7. The van der Waals surface area contributed by atoms with Gasteiger partial charge in [0.05, 0.1) is 17.0 Å². The van der Waals surface area contributed by atoms with E-state index in [1.54, 1.807) is 18.2 Å². The Morgan fingerprint density at radius 3 is 2.95 bits per heavy atom. The van der Waals surface area contributed by atoms with E-state index in [0.717, 1.165) is 31.9 Å². The van der Waals surface area contributed by atoms with E-state index in [4.69, 9.17) is 4.42 Å². The number of para-hydroxylation sites is 1. The van der Waals surface area contributed by atoms with Crippen molar-refractivity contribution in [1.82, 2.24) is 10.2 Å². The van der Waals surface area contributed by atoms with E-state index in [1.807, 2.05) is 12.1 Å². The van der Waals surface area contributed by atoms with Crippen LogP contribution in [0.1, 0.15) is 12.7 Å². The SMILES string of the molecule is C[C@@H]1CN(Cc2ccc(-c3ccccc3[N+](=O)[O-])o2)CCN1. The van der Waals surface area contributed by atoms with Gasteiger partial charge in [-0.3, -0.25) is 15.0 Å². The summed E-state index contributed by atoms with van der Waals surface area (Å²) in [6.07, 6.45) is 0.